The Morgan fingerprint density at radius 1 is 1.30 bits per heavy atom. The number of carbonyl (C=O) groups excluding carboxylic acids is 1. The standard InChI is InChI=1S/C20H29NO4S2/c22-18(14-16-6-2-1-3-7-16)11-10-17-8-4-9-19(23)21(17)12-5-13-26-15-27-20(24)25/h1-3,6-7,17-18,22H,4-5,8-15H2,(H,24,25)/t17-,18?/m1/s1. The van der Waals surface area contributed by atoms with Gasteiger partial charge in [0.1, 0.15) is 0 Å². The summed E-state index contributed by atoms with van der Waals surface area (Å²) in [6.07, 6.45) is 5.24. The average molecular weight is 412 g/mol. The van der Waals surface area contributed by atoms with E-state index in [4.69, 9.17) is 5.11 Å². The first-order valence-corrected chi connectivity index (χ1v) is 11.6. The zero-order valence-electron chi connectivity index (χ0n) is 15.6. The number of carboxylic acid groups (broad SMARTS) is 1. The molecule has 0 saturated carbocycles. The molecular formula is C20H29NO4S2. The number of thioether (sulfide) groups is 2. The van der Waals surface area contributed by atoms with Crippen molar-refractivity contribution in [1.82, 2.24) is 4.90 Å². The van der Waals surface area contributed by atoms with Crippen LogP contribution in [0.2, 0.25) is 0 Å². The maximum absolute atomic E-state index is 12.3. The predicted octanol–water partition coefficient (Wildman–Crippen LogP) is 4.24. The molecule has 0 aliphatic carbocycles. The van der Waals surface area contributed by atoms with E-state index in [1.807, 2.05) is 35.2 Å². The number of piperidine rings is 1. The SMILES string of the molecule is O=C(O)SCSCCCN1C(=O)CCC[C@@H]1CCC(O)Cc1ccccc1. The van der Waals surface area contributed by atoms with E-state index in [-0.39, 0.29) is 18.1 Å². The van der Waals surface area contributed by atoms with Gasteiger partial charge in [-0.25, -0.2) is 4.79 Å². The van der Waals surface area contributed by atoms with Crippen molar-refractivity contribution in [2.24, 2.45) is 0 Å². The van der Waals surface area contributed by atoms with Gasteiger partial charge in [-0.2, -0.15) is 11.8 Å². The second-order valence-electron chi connectivity index (χ2n) is 6.84. The largest absolute Gasteiger partial charge is 0.473 e. The van der Waals surface area contributed by atoms with E-state index in [0.717, 1.165) is 55.3 Å². The van der Waals surface area contributed by atoms with Gasteiger partial charge in [0.15, 0.2) is 0 Å². The number of hydrogen-bond acceptors (Lipinski definition) is 5. The molecule has 1 aromatic carbocycles. The fourth-order valence-corrected chi connectivity index (χ4v) is 5.00. The normalized spacial score (nSPS) is 18.5. The molecule has 0 bridgehead atoms. The van der Waals surface area contributed by atoms with E-state index in [1.54, 1.807) is 11.8 Å². The molecule has 7 heteroatoms. The third-order valence-corrected chi connectivity index (χ3v) is 6.75. The van der Waals surface area contributed by atoms with E-state index in [2.05, 4.69) is 0 Å². The zero-order chi connectivity index (χ0) is 19.5. The van der Waals surface area contributed by atoms with Crippen LogP contribution < -0.4 is 0 Å². The molecule has 0 spiro atoms. The highest BCUT2D eigenvalue weighted by Gasteiger charge is 2.27. The maximum atomic E-state index is 12.3. The summed E-state index contributed by atoms with van der Waals surface area (Å²) in [5, 5.41) is 18.7. The third kappa shape index (κ3) is 8.58. The molecular weight excluding hydrogens is 382 g/mol. The van der Waals surface area contributed by atoms with Crippen LogP contribution in [0.3, 0.4) is 0 Å². The predicted molar refractivity (Wildman–Crippen MR) is 112 cm³/mol. The van der Waals surface area contributed by atoms with Crippen molar-refractivity contribution in [3.63, 3.8) is 0 Å². The molecule has 2 N–H and O–H groups in total. The molecule has 1 saturated heterocycles. The van der Waals surface area contributed by atoms with Gasteiger partial charge in [0, 0.05) is 19.0 Å². The lowest BCUT2D eigenvalue weighted by Crippen LogP contribution is -2.44. The van der Waals surface area contributed by atoms with Crippen LogP contribution in [0.1, 0.15) is 44.1 Å². The Morgan fingerprint density at radius 3 is 2.81 bits per heavy atom. The minimum Gasteiger partial charge on any atom is -0.473 e. The zero-order valence-corrected chi connectivity index (χ0v) is 17.2. The Kier molecular flexibility index (Phi) is 10.1. The van der Waals surface area contributed by atoms with Gasteiger partial charge in [-0.05, 0) is 61.6 Å². The summed E-state index contributed by atoms with van der Waals surface area (Å²) >= 11 is 2.50. The Labute approximate surface area is 169 Å². The highest BCUT2D eigenvalue weighted by molar-refractivity contribution is 8.23. The molecule has 0 aromatic heterocycles. The van der Waals surface area contributed by atoms with Crippen LogP contribution in [0.25, 0.3) is 0 Å². The molecule has 1 fully saturated rings. The minimum atomic E-state index is -0.845. The first-order valence-electron chi connectivity index (χ1n) is 9.51. The highest BCUT2D eigenvalue weighted by atomic mass is 32.2. The number of rotatable bonds is 11. The van der Waals surface area contributed by atoms with Crippen molar-refractivity contribution in [3.05, 3.63) is 35.9 Å². The van der Waals surface area contributed by atoms with Crippen molar-refractivity contribution in [3.8, 4) is 0 Å². The summed E-state index contributed by atoms with van der Waals surface area (Å²) in [5.74, 6) is 1.07. The lowest BCUT2D eigenvalue weighted by Gasteiger charge is -2.36. The molecule has 1 aliphatic heterocycles. The molecule has 1 amide bonds. The second-order valence-corrected chi connectivity index (χ2v) is 9.24. The summed E-state index contributed by atoms with van der Waals surface area (Å²) in [6, 6.07) is 10.2. The number of benzene rings is 1. The van der Waals surface area contributed by atoms with Crippen LogP contribution in [-0.4, -0.2) is 55.8 Å². The molecule has 1 heterocycles. The van der Waals surface area contributed by atoms with E-state index >= 15 is 0 Å². The van der Waals surface area contributed by atoms with Crippen LogP contribution in [0.5, 0.6) is 0 Å². The van der Waals surface area contributed by atoms with Gasteiger partial charge < -0.3 is 15.1 Å². The number of amides is 1. The molecule has 2 rings (SSSR count). The Bertz CT molecular complexity index is 585. The smallest absolute Gasteiger partial charge is 0.365 e. The van der Waals surface area contributed by atoms with Crippen LogP contribution in [0.15, 0.2) is 30.3 Å². The van der Waals surface area contributed by atoms with Crippen molar-refractivity contribution >= 4 is 34.7 Å². The summed E-state index contributed by atoms with van der Waals surface area (Å²) in [5.41, 5.74) is 1.14. The maximum Gasteiger partial charge on any atom is 0.365 e. The van der Waals surface area contributed by atoms with Crippen LogP contribution in [0, 0.1) is 0 Å². The first kappa shape index (κ1) is 22.1. The number of aliphatic hydroxyl groups excluding tert-OH is 1. The van der Waals surface area contributed by atoms with Crippen LogP contribution in [-0.2, 0) is 11.2 Å². The number of hydrogen-bond donors (Lipinski definition) is 2. The molecule has 27 heavy (non-hydrogen) atoms. The minimum absolute atomic E-state index is 0.216. The van der Waals surface area contributed by atoms with Gasteiger partial charge in [0.05, 0.1) is 11.2 Å². The molecule has 150 valence electrons. The summed E-state index contributed by atoms with van der Waals surface area (Å²) in [4.78, 5) is 24.8. The summed E-state index contributed by atoms with van der Waals surface area (Å²) < 4.78 is 0. The van der Waals surface area contributed by atoms with Crippen LogP contribution in [0.4, 0.5) is 4.79 Å². The van der Waals surface area contributed by atoms with Gasteiger partial charge in [-0.3, -0.25) is 4.79 Å². The van der Waals surface area contributed by atoms with Gasteiger partial charge in [-0.15, -0.1) is 0 Å². The van der Waals surface area contributed by atoms with Crippen molar-refractivity contribution in [1.29, 1.82) is 0 Å². The number of carbonyl (C=O) groups is 2. The molecule has 1 unspecified atom stereocenters. The lowest BCUT2D eigenvalue weighted by atomic mass is 9.94. The van der Waals surface area contributed by atoms with Gasteiger partial charge in [0.2, 0.25) is 5.91 Å². The van der Waals surface area contributed by atoms with E-state index in [9.17, 15) is 14.7 Å². The first-order chi connectivity index (χ1) is 13.1. The second kappa shape index (κ2) is 12.3. The van der Waals surface area contributed by atoms with Gasteiger partial charge in [0.25, 0.3) is 0 Å². The Morgan fingerprint density at radius 2 is 2.07 bits per heavy atom. The van der Waals surface area contributed by atoms with Gasteiger partial charge in [-0.1, -0.05) is 30.3 Å². The monoisotopic (exact) mass is 411 g/mol. The fraction of sp³-hybridized carbons (Fsp3) is 0.600. The third-order valence-electron chi connectivity index (χ3n) is 4.79. The topological polar surface area (TPSA) is 77.8 Å². The molecule has 2 atom stereocenters. The lowest BCUT2D eigenvalue weighted by molar-refractivity contribution is -0.136. The number of likely N-dealkylation sites (tertiary alicyclic amines) is 1. The van der Waals surface area contributed by atoms with E-state index in [0.29, 0.717) is 24.3 Å². The number of nitrogens with zero attached hydrogens (tertiary/aromatic N) is 1. The van der Waals surface area contributed by atoms with Gasteiger partial charge >= 0.3 is 5.30 Å². The van der Waals surface area contributed by atoms with E-state index in [1.165, 1.54) is 0 Å². The Balaban J connectivity index is 1.72. The summed E-state index contributed by atoms with van der Waals surface area (Å²) in [6.45, 7) is 0.725. The summed E-state index contributed by atoms with van der Waals surface area (Å²) in [7, 11) is 0. The van der Waals surface area contributed by atoms with Crippen molar-refractivity contribution in [2.45, 2.75) is 57.1 Å². The Hall–Kier alpha value is -1.18. The number of aliphatic hydroxyl groups is 1. The van der Waals surface area contributed by atoms with Crippen LogP contribution >= 0.6 is 23.5 Å². The van der Waals surface area contributed by atoms with Crippen molar-refractivity contribution < 1.29 is 19.8 Å². The highest BCUT2D eigenvalue weighted by Crippen LogP contribution is 2.24. The molecule has 0 radical (unpaired) electrons. The van der Waals surface area contributed by atoms with E-state index < -0.39 is 5.30 Å². The average Bonchev–Trinajstić information content (AvgIpc) is 2.65. The molecule has 5 nitrogen and oxygen atoms in total. The fourth-order valence-electron chi connectivity index (χ4n) is 3.46. The van der Waals surface area contributed by atoms with Crippen molar-refractivity contribution in [2.75, 3.05) is 17.4 Å². The quantitative estimate of drug-likeness (QED) is 0.419. The molecule has 1 aliphatic rings. The molecule has 1 aromatic rings.